The molecule has 1 aromatic heterocycles. The summed E-state index contributed by atoms with van der Waals surface area (Å²) in [5, 5.41) is 3.17. The van der Waals surface area contributed by atoms with Crippen LogP contribution in [0, 0.1) is 0 Å². The molecule has 0 aliphatic rings. The first kappa shape index (κ1) is 27.9. The molecule has 0 bridgehead atoms. The van der Waals surface area contributed by atoms with Crippen LogP contribution in [-0.4, -0.2) is 54.7 Å². The number of nitrogens with zero attached hydrogens (tertiary/aromatic N) is 1. The normalized spacial score (nSPS) is 11.2. The summed E-state index contributed by atoms with van der Waals surface area (Å²) < 4.78 is 23.3. The Bertz CT molecular complexity index is 1290. The zero-order valence-electron chi connectivity index (χ0n) is 21.8. The number of nitrogens with one attached hydrogen (secondary N) is 2. The predicted octanol–water partition coefficient (Wildman–Crippen LogP) is 3.05. The number of hydrogen-bond acceptors (Lipinski definition) is 7. The number of ether oxygens (including phenoxy) is 4. The molecule has 200 valence electrons. The standard InChI is InChI=1S/C27H35N3O7/c1-5-34-22-15-20-21(16-23(22)35-6-2)29-27(33)30(26(20)32)17-18-9-11-19(12-10-18)25(31)28-14-13-24(36-7-3)37-8-4/h9-12,15-16,24H,5-8,13-14,17H2,1-4H3,(H,28,31)(H,29,33). The summed E-state index contributed by atoms with van der Waals surface area (Å²) in [5.74, 6) is 0.675. The molecule has 0 aliphatic carbocycles. The van der Waals surface area contributed by atoms with E-state index in [1.54, 1.807) is 36.4 Å². The molecule has 0 unspecified atom stereocenters. The van der Waals surface area contributed by atoms with Gasteiger partial charge < -0.3 is 29.2 Å². The summed E-state index contributed by atoms with van der Waals surface area (Å²) in [5.41, 5.74) is 0.567. The van der Waals surface area contributed by atoms with Crippen molar-refractivity contribution in [3.63, 3.8) is 0 Å². The molecule has 2 aromatic carbocycles. The molecule has 10 heteroatoms. The molecular weight excluding hydrogens is 478 g/mol. The fourth-order valence-electron chi connectivity index (χ4n) is 3.88. The highest BCUT2D eigenvalue weighted by atomic mass is 16.7. The lowest BCUT2D eigenvalue weighted by Crippen LogP contribution is -2.35. The van der Waals surface area contributed by atoms with Gasteiger partial charge in [0.05, 0.1) is 30.7 Å². The van der Waals surface area contributed by atoms with Crippen LogP contribution in [-0.2, 0) is 16.0 Å². The van der Waals surface area contributed by atoms with Gasteiger partial charge in [-0.25, -0.2) is 4.79 Å². The van der Waals surface area contributed by atoms with Gasteiger partial charge in [-0.3, -0.25) is 14.2 Å². The number of fused-ring (bicyclic) bond motifs is 1. The second kappa shape index (κ2) is 13.6. The van der Waals surface area contributed by atoms with Gasteiger partial charge in [0, 0.05) is 37.8 Å². The number of hydrogen-bond donors (Lipinski definition) is 2. The van der Waals surface area contributed by atoms with Gasteiger partial charge in [-0.05, 0) is 51.5 Å². The monoisotopic (exact) mass is 513 g/mol. The van der Waals surface area contributed by atoms with Crippen molar-refractivity contribution in [3.8, 4) is 11.5 Å². The van der Waals surface area contributed by atoms with Gasteiger partial charge in [-0.2, -0.15) is 0 Å². The van der Waals surface area contributed by atoms with Crippen LogP contribution in [0.4, 0.5) is 0 Å². The van der Waals surface area contributed by atoms with Gasteiger partial charge >= 0.3 is 5.69 Å². The number of rotatable bonds is 14. The molecule has 0 aliphatic heterocycles. The van der Waals surface area contributed by atoms with Crippen molar-refractivity contribution in [1.29, 1.82) is 0 Å². The quantitative estimate of drug-likeness (QED) is 0.318. The number of H-pyrrole nitrogens is 1. The number of aromatic nitrogens is 2. The van der Waals surface area contributed by atoms with Gasteiger partial charge in [-0.15, -0.1) is 0 Å². The SMILES string of the molecule is CCOc1cc2[nH]c(=O)n(Cc3ccc(C(=O)NCCC(OCC)OCC)cc3)c(=O)c2cc1OCC. The van der Waals surface area contributed by atoms with Crippen LogP contribution in [0.2, 0.25) is 0 Å². The highest BCUT2D eigenvalue weighted by Gasteiger charge is 2.15. The summed E-state index contributed by atoms with van der Waals surface area (Å²) in [4.78, 5) is 41.2. The summed E-state index contributed by atoms with van der Waals surface area (Å²) in [6, 6.07) is 9.96. The van der Waals surface area contributed by atoms with Crippen LogP contribution < -0.4 is 26.0 Å². The van der Waals surface area contributed by atoms with Crippen molar-refractivity contribution in [1.82, 2.24) is 14.9 Å². The molecule has 3 rings (SSSR count). The van der Waals surface area contributed by atoms with E-state index in [2.05, 4.69) is 10.3 Å². The van der Waals surface area contributed by atoms with Crippen LogP contribution in [0.25, 0.3) is 10.9 Å². The number of benzene rings is 2. The molecule has 0 radical (unpaired) electrons. The van der Waals surface area contributed by atoms with E-state index in [4.69, 9.17) is 18.9 Å². The Hall–Kier alpha value is -3.63. The van der Waals surface area contributed by atoms with Crippen molar-refractivity contribution in [2.75, 3.05) is 33.0 Å². The van der Waals surface area contributed by atoms with E-state index in [0.717, 1.165) is 4.57 Å². The largest absolute Gasteiger partial charge is 0.490 e. The van der Waals surface area contributed by atoms with Crippen LogP contribution in [0.15, 0.2) is 46.0 Å². The van der Waals surface area contributed by atoms with Crippen molar-refractivity contribution in [2.45, 2.75) is 47.0 Å². The summed E-state index contributed by atoms with van der Waals surface area (Å²) in [6.45, 7) is 9.81. The first-order valence-electron chi connectivity index (χ1n) is 12.6. The predicted molar refractivity (Wildman–Crippen MR) is 141 cm³/mol. The number of carbonyl (C=O) groups is 1. The third-order valence-electron chi connectivity index (χ3n) is 5.57. The highest BCUT2D eigenvalue weighted by Crippen LogP contribution is 2.30. The maximum Gasteiger partial charge on any atom is 0.329 e. The Morgan fingerprint density at radius 3 is 2.14 bits per heavy atom. The summed E-state index contributed by atoms with van der Waals surface area (Å²) in [7, 11) is 0. The second-order valence-electron chi connectivity index (χ2n) is 8.11. The fourth-order valence-corrected chi connectivity index (χ4v) is 3.88. The summed E-state index contributed by atoms with van der Waals surface area (Å²) >= 11 is 0. The minimum Gasteiger partial charge on any atom is -0.490 e. The smallest absolute Gasteiger partial charge is 0.329 e. The molecule has 0 saturated carbocycles. The maximum absolute atomic E-state index is 13.2. The average Bonchev–Trinajstić information content (AvgIpc) is 2.88. The first-order valence-corrected chi connectivity index (χ1v) is 12.6. The fraction of sp³-hybridized carbons (Fsp3) is 0.444. The highest BCUT2D eigenvalue weighted by molar-refractivity contribution is 5.94. The lowest BCUT2D eigenvalue weighted by Gasteiger charge is -2.17. The van der Waals surface area contributed by atoms with E-state index in [0.29, 0.717) is 72.9 Å². The Kier molecular flexibility index (Phi) is 10.3. The van der Waals surface area contributed by atoms with E-state index in [-0.39, 0.29) is 18.7 Å². The van der Waals surface area contributed by atoms with E-state index in [9.17, 15) is 14.4 Å². The van der Waals surface area contributed by atoms with E-state index in [1.165, 1.54) is 0 Å². The van der Waals surface area contributed by atoms with E-state index in [1.807, 2.05) is 27.7 Å². The van der Waals surface area contributed by atoms with Gasteiger partial charge in [-0.1, -0.05) is 12.1 Å². The number of amides is 1. The lowest BCUT2D eigenvalue weighted by atomic mass is 10.1. The Balaban J connectivity index is 1.74. The Labute approximate surface area is 215 Å². The van der Waals surface area contributed by atoms with Crippen LogP contribution >= 0.6 is 0 Å². The number of carbonyl (C=O) groups excluding carboxylic acids is 1. The van der Waals surface area contributed by atoms with Crippen LogP contribution in [0.3, 0.4) is 0 Å². The minimum absolute atomic E-state index is 0.0492. The molecule has 0 saturated heterocycles. The zero-order valence-corrected chi connectivity index (χ0v) is 21.8. The van der Waals surface area contributed by atoms with Crippen LogP contribution in [0.1, 0.15) is 50.0 Å². The molecule has 1 amide bonds. The first-order chi connectivity index (χ1) is 17.9. The van der Waals surface area contributed by atoms with Gasteiger partial charge in [0.15, 0.2) is 17.8 Å². The molecular formula is C27H35N3O7. The Morgan fingerprint density at radius 1 is 0.919 bits per heavy atom. The summed E-state index contributed by atoms with van der Waals surface area (Å²) in [6.07, 6.45) is 0.183. The Morgan fingerprint density at radius 2 is 1.54 bits per heavy atom. The number of aromatic amines is 1. The second-order valence-corrected chi connectivity index (χ2v) is 8.11. The van der Waals surface area contributed by atoms with Gasteiger partial charge in [0.1, 0.15) is 0 Å². The lowest BCUT2D eigenvalue weighted by molar-refractivity contribution is -0.138. The molecule has 2 N–H and O–H groups in total. The van der Waals surface area contributed by atoms with Gasteiger partial charge in [0.25, 0.3) is 11.5 Å². The third kappa shape index (κ3) is 7.21. The van der Waals surface area contributed by atoms with Crippen molar-refractivity contribution < 1.29 is 23.7 Å². The molecule has 3 aromatic rings. The molecule has 1 heterocycles. The molecule has 0 atom stereocenters. The van der Waals surface area contributed by atoms with Crippen molar-refractivity contribution in [2.24, 2.45) is 0 Å². The minimum atomic E-state index is -0.538. The van der Waals surface area contributed by atoms with E-state index >= 15 is 0 Å². The zero-order chi connectivity index (χ0) is 26.8. The van der Waals surface area contributed by atoms with Gasteiger partial charge in [0.2, 0.25) is 0 Å². The topological polar surface area (TPSA) is 121 Å². The average molecular weight is 514 g/mol. The molecule has 37 heavy (non-hydrogen) atoms. The molecule has 0 fully saturated rings. The van der Waals surface area contributed by atoms with Crippen molar-refractivity contribution >= 4 is 16.8 Å². The third-order valence-corrected chi connectivity index (χ3v) is 5.57. The maximum atomic E-state index is 13.2. The van der Waals surface area contributed by atoms with Crippen molar-refractivity contribution in [3.05, 3.63) is 68.4 Å². The van der Waals surface area contributed by atoms with Crippen LogP contribution in [0.5, 0.6) is 11.5 Å². The molecule has 10 nitrogen and oxygen atoms in total. The van der Waals surface area contributed by atoms with E-state index < -0.39 is 11.2 Å². The molecule has 0 spiro atoms.